The first kappa shape index (κ1) is 15.6. The molecule has 0 unspecified atom stereocenters. The topological polar surface area (TPSA) is 67.4 Å². The van der Waals surface area contributed by atoms with Gasteiger partial charge in [-0.15, -0.1) is 0 Å². The molecule has 0 saturated carbocycles. The second kappa shape index (κ2) is 6.18. The fourth-order valence-electron chi connectivity index (χ4n) is 3.06. The number of carbonyl (C=O) groups excluding carboxylic acids is 1. The molecule has 4 rings (SSSR count). The largest absolute Gasteiger partial charge is 0.354 e. The summed E-state index contributed by atoms with van der Waals surface area (Å²) in [6.07, 6.45) is 1.82. The number of nitrogens with zero attached hydrogens (tertiary/aromatic N) is 5. The van der Waals surface area contributed by atoms with Crippen LogP contribution < -0.4 is 4.90 Å². The number of fused-ring (bicyclic) bond motifs is 1. The molecule has 3 heterocycles. The van der Waals surface area contributed by atoms with Crippen molar-refractivity contribution >= 4 is 11.6 Å². The van der Waals surface area contributed by atoms with E-state index in [0.717, 1.165) is 24.3 Å². The van der Waals surface area contributed by atoms with Gasteiger partial charge in [0.25, 0.3) is 5.91 Å². The molecule has 0 aliphatic carbocycles. The van der Waals surface area contributed by atoms with Gasteiger partial charge in [0.05, 0.1) is 0 Å². The summed E-state index contributed by atoms with van der Waals surface area (Å²) < 4.78 is 7.01. The second-order valence-corrected chi connectivity index (χ2v) is 6.27. The van der Waals surface area contributed by atoms with Crippen LogP contribution in [0.15, 0.2) is 47.1 Å². The number of hydrogen-bond acceptors (Lipinski definition) is 5. The Morgan fingerprint density at radius 3 is 2.80 bits per heavy atom. The number of anilines is 1. The third kappa shape index (κ3) is 2.94. The van der Waals surface area contributed by atoms with Crippen LogP contribution >= 0.6 is 0 Å². The van der Waals surface area contributed by atoms with Crippen molar-refractivity contribution in [3.63, 3.8) is 0 Å². The monoisotopic (exact) mass is 337 g/mol. The summed E-state index contributed by atoms with van der Waals surface area (Å²) in [5.74, 6) is 0.331. The molecule has 0 bridgehead atoms. The molecule has 7 heteroatoms. The standard InChI is InChI=1S/C18H19N5O2/c1-21-9-10-23(16-6-4-3-5-13(16)12-21)18(24)15-11-17(25-20-15)14-7-8-22(2)19-14/h3-8,11H,9-10,12H2,1-2H3. The minimum Gasteiger partial charge on any atom is -0.354 e. The Morgan fingerprint density at radius 2 is 2.00 bits per heavy atom. The number of aromatic nitrogens is 3. The molecule has 0 radical (unpaired) electrons. The van der Waals surface area contributed by atoms with Gasteiger partial charge in [-0.25, -0.2) is 0 Å². The molecular weight excluding hydrogens is 318 g/mol. The van der Waals surface area contributed by atoms with Gasteiger partial charge < -0.3 is 14.3 Å². The molecule has 0 spiro atoms. The Hall–Kier alpha value is -2.93. The molecule has 0 N–H and O–H groups in total. The van der Waals surface area contributed by atoms with Gasteiger partial charge in [0, 0.05) is 44.6 Å². The summed E-state index contributed by atoms with van der Waals surface area (Å²) in [5, 5.41) is 8.25. The zero-order valence-electron chi connectivity index (χ0n) is 14.2. The van der Waals surface area contributed by atoms with Gasteiger partial charge >= 0.3 is 0 Å². The van der Waals surface area contributed by atoms with E-state index < -0.39 is 0 Å². The van der Waals surface area contributed by atoms with Crippen LogP contribution in [0.3, 0.4) is 0 Å². The van der Waals surface area contributed by atoms with Crippen molar-refractivity contribution in [2.24, 2.45) is 7.05 Å². The van der Waals surface area contributed by atoms with Crippen molar-refractivity contribution in [2.75, 3.05) is 25.0 Å². The summed E-state index contributed by atoms with van der Waals surface area (Å²) in [7, 11) is 3.89. The number of aryl methyl sites for hydroxylation is 1. The first-order chi connectivity index (χ1) is 12.1. The summed E-state index contributed by atoms with van der Waals surface area (Å²) in [4.78, 5) is 17.0. The van der Waals surface area contributed by atoms with Crippen LogP contribution in [0, 0.1) is 0 Å². The zero-order valence-corrected chi connectivity index (χ0v) is 14.2. The number of amides is 1. The van der Waals surface area contributed by atoms with Crippen molar-refractivity contribution < 1.29 is 9.32 Å². The maximum absolute atomic E-state index is 13.0. The zero-order chi connectivity index (χ0) is 17.4. The lowest BCUT2D eigenvalue weighted by Gasteiger charge is -2.21. The smallest absolute Gasteiger partial charge is 0.280 e. The number of para-hydroxylation sites is 1. The molecule has 0 atom stereocenters. The molecule has 0 fully saturated rings. The van der Waals surface area contributed by atoms with E-state index in [9.17, 15) is 4.79 Å². The van der Waals surface area contributed by atoms with E-state index in [1.54, 1.807) is 15.6 Å². The Balaban J connectivity index is 1.66. The SMILES string of the molecule is CN1CCN(C(=O)c2cc(-c3ccn(C)n3)on2)c2ccccc2C1. The molecule has 7 nitrogen and oxygen atoms in total. The summed E-state index contributed by atoms with van der Waals surface area (Å²) in [5.41, 5.74) is 3.01. The van der Waals surface area contributed by atoms with Crippen molar-refractivity contribution in [3.05, 3.63) is 53.9 Å². The lowest BCUT2D eigenvalue weighted by molar-refractivity contribution is 0.0977. The molecule has 3 aromatic rings. The van der Waals surface area contributed by atoms with Crippen LogP contribution in [-0.4, -0.2) is 45.9 Å². The van der Waals surface area contributed by atoms with Gasteiger partial charge in [0.1, 0.15) is 5.69 Å². The minimum atomic E-state index is -0.159. The summed E-state index contributed by atoms with van der Waals surface area (Å²) in [6.45, 7) is 2.22. The van der Waals surface area contributed by atoms with Crippen LogP contribution in [0.4, 0.5) is 5.69 Å². The van der Waals surface area contributed by atoms with Crippen LogP contribution in [0.5, 0.6) is 0 Å². The van der Waals surface area contributed by atoms with Crippen LogP contribution in [0.2, 0.25) is 0 Å². The van der Waals surface area contributed by atoms with Crippen LogP contribution in [0.25, 0.3) is 11.5 Å². The third-order valence-electron chi connectivity index (χ3n) is 4.37. The number of carbonyl (C=O) groups is 1. The Morgan fingerprint density at radius 1 is 1.16 bits per heavy atom. The normalized spacial score (nSPS) is 15.0. The summed E-state index contributed by atoms with van der Waals surface area (Å²) in [6, 6.07) is 11.5. The molecule has 0 saturated heterocycles. The van der Waals surface area contributed by atoms with E-state index in [1.807, 2.05) is 37.5 Å². The highest BCUT2D eigenvalue weighted by molar-refractivity contribution is 6.05. The molecule has 128 valence electrons. The van der Waals surface area contributed by atoms with Gasteiger partial charge in [0.15, 0.2) is 11.5 Å². The van der Waals surface area contributed by atoms with Gasteiger partial charge in [-0.3, -0.25) is 9.48 Å². The van der Waals surface area contributed by atoms with E-state index >= 15 is 0 Å². The van der Waals surface area contributed by atoms with Crippen molar-refractivity contribution in [1.82, 2.24) is 19.8 Å². The molecule has 1 aliphatic rings. The molecule has 1 amide bonds. The fourth-order valence-corrected chi connectivity index (χ4v) is 3.06. The lowest BCUT2D eigenvalue weighted by atomic mass is 10.1. The highest BCUT2D eigenvalue weighted by Crippen LogP contribution is 2.27. The highest BCUT2D eigenvalue weighted by Gasteiger charge is 2.26. The van der Waals surface area contributed by atoms with Crippen molar-refractivity contribution in [2.45, 2.75) is 6.54 Å². The summed E-state index contributed by atoms with van der Waals surface area (Å²) >= 11 is 0. The van der Waals surface area contributed by atoms with Gasteiger partial charge in [-0.05, 0) is 24.7 Å². The third-order valence-corrected chi connectivity index (χ3v) is 4.37. The number of hydrogen-bond donors (Lipinski definition) is 0. The predicted molar refractivity (Wildman–Crippen MR) is 93.2 cm³/mol. The molecule has 2 aromatic heterocycles. The molecule has 1 aliphatic heterocycles. The van der Waals surface area contributed by atoms with Crippen LogP contribution in [-0.2, 0) is 13.6 Å². The quantitative estimate of drug-likeness (QED) is 0.717. The molecule has 25 heavy (non-hydrogen) atoms. The molecular formula is C18H19N5O2. The predicted octanol–water partition coefficient (Wildman–Crippen LogP) is 2.17. The Bertz CT molecular complexity index is 914. The van der Waals surface area contributed by atoms with E-state index in [4.69, 9.17) is 4.52 Å². The van der Waals surface area contributed by atoms with E-state index in [2.05, 4.69) is 28.3 Å². The number of likely N-dealkylation sites (N-methyl/N-ethyl adjacent to an activating group) is 1. The number of benzene rings is 1. The first-order valence-electron chi connectivity index (χ1n) is 8.17. The average Bonchev–Trinajstić information content (AvgIpc) is 3.21. The Labute approximate surface area is 145 Å². The maximum Gasteiger partial charge on any atom is 0.280 e. The van der Waals surface area contributed by atoms with Gasteiger partial charge in [-0.1, -0.05) is 23.4 Å². The Kier molecular flexibility index (Phi) is 3.85. The minimum absolute atomic E-state index is 0.159. The van der Waals surface area contributed by atoms with E-state index in [-0.39, 0.29) is 5.91 Å². The van der Waals surface area contributed by atoms with Crippen molar-refractivity contribution in [3.8, 4) is 11.5 Å². The van der Waals surface area contributed by atoms with E-state index in [1.165, 1.54) is 0 Å². The van der Waals surface area contributed by atoms with Crippen LogP contribution in [0.1, 0.15) is 16.1 Å². The van der Waals surface area contributed by atoms with Gasteiger partial charge in [0.2, 0.25) is 0 Å². The van der Waals surface area contributed by atoms with E-state index in [0.29, 0.717) is 23.7 Å². The van der Waals surface area contributed by atoms with Gasteiger partial charge in [-0.2, -0.15) is 5.10 Å². The highest BCUT2D eigenvalue weighted by atomic mass is 16.5. The fraction of sp³-hybridized carbons (Fsp3) is 0.278. The first-order valence-corrected chi connectivity index (χ1v) is 8.17. The maximum atomic E-state index is 13.0. The lowest BCUT2D eigenvalue weighted by Crippen LogP contribution is -2.35. The van der Waals surface area contributed by atoms with Crippen molar-refractivity contribution in [1.29, 1.82) is 0 Å². The second-order valence-electron chi connectivity index (χ2n) is 6.27. The average molecular weight is 337 g/mol. The molecule has 1 aromatic carbocycles. The number of rotatable bonds is 2.